The summed E-state index contributed by atoms with van der Waals surface area (Å²) in [4.78, 5) is 37.2. The highest BCUT2D eigenvalue weighted by Gasteiger charge is 2.17. The van der Waals surface area contributed by atoms with E-state index < -0.39 is 16.4 Å². The van der Waals surface area contributed by atoms with Crippen LogP contribution in [0.25, 0.3) is 17.3 Å². The maximum absolute atomic E-state index is 13.5. The van der Waals surface area contributed by atoms with Gasteiger partial charge < -0.3 is 10.1 Å². The van der Waals surface area contributed by atoms with Crippen LogP contribution in [0.4, 0.5) is 11.4 Å². The Balaban J connectivity index is 1.87. The molecule has 0 saturated carbocycles. The van der Waals surface area contributed by atoms with Crippen molar-refractivity contribution in [3.8, 4) is 17.5 Å². The molecule has 1 N–H and O–H groups in total. The molecule has 4 aromatic rings. The van der Waals surface area contributed by atoms with Crippen molar-refractivity contribution in [2.75, 3.05) is 11.9 Å². The number of non-ortho nitro benzene ring substituents is 1. The Labute approximate surface area is 215 Å². The molecule has 9 nitrogen and oxygen atoms in total. The molecule has 0 aliphatic carbocycles. The van der Waals surface area contributed by atoms with Gasteiger partial charge in [0.15, 0.2) is 5.57 Å². The minimum absolute atomic E-state index is 0.118. The first-order valence-corrected chi connectivity index (χ1v) is 11.9. The lowest BCUT2D eigenvalue weighted by Crippen LogP contribution is -2.32. The number of anilines is 1. The number of carbonyl (C=O) groups excluding carboxylic acids is 1. The smallest absolute Gasteiger partial charge is 0.273 e. The lowest BCUT2D eigenvalue weighted by atomic mass is 10.2. The van der Waals surface area contributed by atoms with Crippen LogP contribution in [0.3, 0.4) is 0 Å². The fraction of sp³-hybridized carbons (Fsp3) is 0.0741. The van der Waals surface area contributed by atoms with Crippen LogP contribution in [0.15, 0.2) is 83.7 Å². The molecule has 37 heavy (non-hydrogen) atoms. The maximum atomic E-state index is 13.5. The Hall–Kier alpha value is -5.01. The van der Waals surface area contributed by atoms with Crippen molar-refractivity contribution in [3.05, 3.63) is 114 Å². The average Bonchev–Trinajstić information content (AvgIpc) is 3.21. The van der Waals surface area contributed by atoms with Crippen molar-refractivity contribution in [3.63, 3.8) is 0 Å². The molecule has 1 heterocycles. The summed E-state index contributed by atoms with van der Waals surface area (Å²) < 4.78 is 7.05. The van der Waals surface area contributed by atoms with Crippen molar-refractivity contribution in [1.82, 2.24) is 4.57 Å². The van der Waals surface area contributed by atoms with E-state index in [2.05, 4.69) is 5.32 Å². The van der Waals surface area contributed by atoms with Gasteiger partial charge in [0.2, 0.25) is 0 Å². The number of nitro benzene ring substituents is 1. The average molecular weight is 513 g/mol. The number of thiazole rings is 1. The van der Waals surface area contributed by atoms with Crippen LogP contribution >= 0.6 is 11.3 Å². The second-order valence-electron chi connectivity index (χ2n) is 7.64. The third-order valence-corrected chi connectivity index (χ3v) is 6.29. The zero-order valence-electron chi connectivity index (χ0n) is 19.6. The Bertz CT molecular complexity index is 1680. The molecule has 0 saturated heterocycles. The summed E-state index contributed by atoms with van der Waals surface area (Å²) in [6.07, 6.45) is 1.50. The highest BCUT2D eigenvalue weighted by Crippen LogP contribution is 2.17. The van der Waals surface area contributed by atoms with Gasteiger partial charge >= 0.3 is 0 Å². The summed E-state index contributed by atoms with van der Waals surface area (Å²) in [7, 11) is 0. The van der Waals surface area contributed by atoms with E-state index in [0.717, 1.165) is 11.3 Å². The Kier molecular flexibility index (Phi) is 7.56. The van der Waals surface area contributed by atoms with E-state index in [0.29, 0.717) is 29.3 Å². The molecule has 4 rings (SSSR count). The molecule has 0 radical (unpaired) electrons. The third-order valence-electron chi connectivity index (χ3n) is 5.19. The van der Waals surface area contributed by atoms with Crippen LogP contribution in [0.1, 0.15) is 12.5 Å². The number of benzene rings is 3. The Morgan fingerprint density at radius 3 is 2.51 bits per heavy atom. The topological polar surface area (TPSA) is 127 Å². The van der Waals surface area contributed by atoms with Crippen LogP contribution in [0.5, 0.6) is 5.75 Å². The van der Waals surface area contributed by atoms with Crippen LogP contribution in [0, 0.1) is 21.4 Å². The van der Waals surface area contributed by atoms with Crippen LogP contribution in [0.2, 0.25) is 0 Å². The number of para-hydroxylation sites is 1. The lowest BCUT2D eigenvalue weighted by Gasteiger charge is -2.07. The van der Waals surface area contributed by atoms with Crippen molar-refractivity contribution in [1.29, 1.82) is 5.26 Å². The van der Waals surface area contributed by atoms with E-state index in [4.69, 9.17) is 4.74 Å². The first kappa shape index (κ1) is 25.1. The van der Waals surface area contributed by atoms with Crippen molar-refractivity contribution in [2.45, 2.75) is 6.92 Å². The Morgan fingerprint density at radius 2 is 1.86 bits per heavy atom. The highest BCUT2D eigenvalue weighted by atomic mass is 32.1. The number of rotatable bonds is 7. The Morgan fingerprint density at radius 1 is 1.14 bits per heavy atom. The predicted molar refractivity (Wildman–Crippen MR) is 141 cm³/mol. The molecule has 1 aromatic heterocycles. The quantitative estimate of drug-likeness (QED) is 0.299. The second kappa shape index (κ2) is 11.2. The van der Waals surface area contributed by atoms with Gasteiger partial charge in [0.25, 0.3) is 17.2 Å². The summed E-state index contributed by atoms with van der Waals surface area (Å²) in [5.41, 5.74) is 0.538. The summed E-state index contributed by atoms with van der Waals surface area (Å²) in [5, 5.41) is 23.8. The number of hydrogen-bond donors (Lipinski definition) is 1. The largest absolute Gasteiger partial charge is 0.494 e. The lowest BCUT2D eigenvalue weighted by molar-refractivity contribution is -0.384. The van der Waals surface area contributed by atoms with E-state index in [9.17, 15) is 25.0 Å². The molecular formula is C27H20N4O5S. The number of hydrogen-bond acceptors (Lipinski definition) is 7. The SMILES string of the molecule is CCOc1ccc(NC(=O)C(C#N)=c2sc(=Cc3cccc([N+](=O)[O-])c3)c(=O)n2-c2ccccc2)cc1. The molecular weight excluding hydrogens is 492 g/mol. The van der Waals surface area contributed by atoms with Gasteiger partial charge in [0.05, 0.1) is 21.7 Å². The number of carbonyl (C=O) groups is 1. The normalized spacial score (nSPS) is 11.9. The van der Waals surface area contributed by atoms with Crippen molar-refractivity contribution >= 4 is 40.3 Å². The standard InChI is InChI=1S/C27H20N4O5S/c1-2-36-22-13-11-19(12-14-22)29-25(32)23(17-28)27-30(20-8-4-3-5-9-20)26(33)24(37-27)16-18-7-6-10-21(15-18)31(34)35/h3-16H,2H2,1H3,(H,29,32). The molecule has 0 spiro atoms. The number of nitro groups is 1. The van der Waals surface area contributed by atoms with Gasteiger partial charge in [-0.3, -0.25) is 24.3 Å². The summed E-state index contributed by atoms with van der Waals surface area (Å²) in [6, 6.07) is 23.1. The number of nitriles is 1. The van der Waals surface area contributed by atoms with E-state index in [1.807, 2.05) is 13.0 Å². The maximum Gasteiger partial charge on any atom is 0.273 e. The summed E-state index contributed by atoms with van der Waals surface area (Å²) >= 11 is 0.955. The van der Waals surface area contributed by atoms with Crippen LogP contribution < -0.4 is 24.8 Å². The first-order valence-electron chi connectivity index (χ1n) is 11.1. The molecule has 0 unspecified atom stereocenters. The molecule has 3 aromatic carbocycles. The number of aromatic nitrogens is 1. The zero-order chi connectivity index (χ0) is 26.4. The minimum Gasteiger partial charge on any atom is -0.494 e. The molecule has 10 heteroatoms. The van der Waals surface area contributed by atoms with Gasteiger partial charge in [-0.15, -0.1) is 11.3 Å². The number of nitrogens with zero attached hydrogens (tertiary/aromatic N) is 3. The van der Waals surface area contributed by atoms with Gasteiger partial charge in [-0.05, 0) is 55.0 Å². The van der Waals surface area contributed by atoms with Crippen molar-refractivity contribution in [2.24, 2.45) is 0 Å². The van der Waals surface area contributed by atoms with Crippen molar-refractivity contribution < 1.29 is 14.5 Å². The zero-order valence-corrected chi connectivity index (χ0v) is 20.4. The fourth-order valence-electron chi connectivity index (χ4n) is 3.53. The molecule has 0 aliphatic rings. The molecule has 0 aliphatic heterocycles. The van der Waals surface area contributed by atoms with E-state index in [1.54, 1.807) is 60.7 Å². The second-order valence-corrected chi connectivity index (χ2v) is 8.67. The first-order chi connectivity index (χ1) is 17.9. The highest BCUT2D eigenvalue weighted by molar-refractivity contribution is 7.07. The van der Waals surface area contributed by atoms with Gasteiger partial charge in [-0.2, -0.15) is 5.26 Å². The summed E-state index contributed by atoms with van der Waals surface area (Å²) in [6.45, 7) is 2.37. The third kappa shape index (κ3) is 5.63. The number of ether oxygens (including phenoxy) is 1. The van der Waals surface area contributed by atoms with Crippen LogP contribution in [-0.2, 0) is 4.79 Å². The summed E-state index contributed by atoms with van der Waals surface area (Å²) in [5.74, 6) is -0.0398. The molecule has 0 atom stereocenters. The van der Waals surface area contributed by atoms with E-state index in [1.165, 1.54) is 28.8 Å². The number of nitrogens with one attached hydrogen (secondary N) is 1. The van der Waals surface area contributed by atoms with Gasteiger partial charge in [-0.25, -0.2) is 0 Å². The fourth-order valence-corrected chi connectivity index (χ4v) is 4.63. The van der Waals surface area contributed by atoms with E-state index >= 15 is 0 Å². The van der Waals surface area contributed by atoms with E-state index in [-0.39, 0.29) is 20.5 Å². The molecule has 184 valence electrons. The van der Waals surface area contributed by atoms with Crippen LogP contribution in [-0.4, -0.2) is 22.0 Å². The van der Waals surface area contributed by atoms with Gasteiger partial charge in [0.1, 0.15) is 16.5 Å². The van der Waals surface area contributed by atoms with Gasteiger partial charge in [0, 0.05) is 17.8 Å². The number of amides is 1. The predicted octanol–water partition coefficient (Wildman–Crippen LogP) is 3.35. The van der Waals surface area contributed by atoms with Gasteiger partial charge in [-0.1, -0.05) is 30.3 Å². The monoisotopic (exact) mass is 512 g/mol. The minimum atomic E-state index is -0.681. The molecule has 0 bridgehead atoms. The molecule has 1 amide bonds. The molecule has 0 fully saturated rings.